The van der Waals surface area contributed by atoms with Crippen LogP contribution in [0.2, 0.25) is 0 Å². The number of urea groups is 1. The average molecular weight is 325 g/mol. The lowest BCUT2D eigenvalue weighted by Crippen LogP contribution is -2.31. The molecule has 4 N–H and O–H groups in total. The maximum Gasteiger partial charge on any atom is 0.312 e. The number of aryl methyl sites for hydroxylation is 1. The molecule has 0 radical (unpaired) electrons. The Hall–Kier alpha value is -3.16. The van der Waals surface area contributed by atoms with Crippen molar-refractivity contribution in [3.05, 3.63) is 48.2 Å². The summed E-state index contributed by atoms with van der Waals surface area (Å²) in [6.45, 7) is 2.35. The predicted molar refractivity (Wildman–Crippen MR) is 91.2 cm³/mol. The van der Waals surface area contributed by atoms with Gasteiger partial charge >= 0.3 is 6.03 Å². The lowest BCUT2D eigenvalue weighted by molar-refractivity contribution is 0.246. The van der Waals surface area contributed by atoms with E-state index in [1.807, 2.05) is 38.2 Å². The second-order valence-corrected chi connectivity index (χ2v) is 5.53. The Morgan fingerprint density at radius 3 is 2.71 bits per heavy atom. The smallest absolute Gasteiger partial charge is 0.312 e. The number of primary amides is 1. The van der Waals surface area contributed by atoms with Crippen molar-refractivity contribution in [1.29, 1.82) is 0 Å². The van der Waals surface area contributed by atoms with Gasteiger partial charge in [0.25, 0.3) is 0 Å². The van der Waals surface area contributed by atoms with E-state index in [-0.39, 0.29) is 6.04 Å². The van der Waals surface area contributed by atoms with Crippen molar-refractivity contribution in [3.8, 4) is 0 Å². The maximum atomic E-state index is 11.1. The molecule has 8 nitrogen and oxygen atoms in total. The topological polar surface area (TPSA) is 111 Å². The predicted octanol–water partition coefficient (Wildman–Crippen LogP) is 1.70. The van der Waals surface area contributed by atoms with Crippen LogP contribution in [-0.2, 0) is 13.6 Å². The number of hydrogen-bond donors (Lipinski definition) is 3. The Kier molecular flexibility index (Phi) is 4.28. The van der Waals surface area contributed by atoms with E-state index >= 15 is 0 Å². The first-order chi connectivity index (χ1) is 11.5. The van der Waals surface area contributed by atoms with Crippen LogP contribution < -0.4 is 16.4 Å². The molecule has 0 spiro atoms. The van der Waals surface area contributed by atoms with Crippen molar-refractivity contribution in [2.75, 3.05) is 5.32 Å². The minimum atomic E-state index is -0.560. The summed E-state index contributed by atoms with van der Waals surface area (Å²) in [6.07, 6.45) is 3.40. The van der Waals surface area contributed by atoms with E-state index in [9.17, 15) is 4.79 Å². The summed E-state index contributed by atoms with van der Waals surface area (Å²) in [5, 5.41) is 12.2. The number of nitrogens with one attached hydrogen (secondary N) is 2. The molecule has 1 aromatic carbocycles. The molecular formula is C16H19N7O. The van der Waals surface area contributed by atoms with Gasteiger partial charge in [0.1, 0.15) is 12.1 Å². The Morgan fingerprint density at radius 2 is 2.04 bits per heavy atom. The van der Waals surface area contributed by atoms with Gasteiger partial charge < -0.3 is 16.4 Å². The fraction of sp³-hybridized carbons (Fsp3) is 0.250. The van der Waals surface area contributed by atoms with Crippen molar-refractivity contribution in [2.24, 2.45) is 12.8 Å². The molecule has 8 heteroatoms. The zero-order valence-electron chi connectivity index (χ0n) is 13.5. The maximum absolute atomic E-state index is 11.1. The molecule has 1 atom stereocenters. The molecule has 24 heavy (non-hydrogen) atoms. The van der Waals surface area contributed by atoms with Crippen LogP contribution >= 0.6 is 0 Å². The zero-order chi connectivity index (χ0) is 17.1. The fourth-order valence-electron chi connectivity index (χ4n) is 2.62. The third kappa shape index (κ3) is 3.27. The summed E-state index contributed by atoms with van der Waals surface area (Å²) >= 11 is 0. The first kappa shape index (κ1) is 15.7. The molecule has 1 unspecified atom stereocenters. The van der Waals surface area contributed by atoms with Gasteiger partial charge in [0, 0.05) is 24.2 Å². The van der Waals surface area contributed by atoms with Crippen LogP contribution in [-0.4, -0.2) is 25.8 Å². The zero-order valence-corrected chi connectivity index (χ0v) is 13.5. The van der Waals surface area contributed by atoms with E-state index in [1.165, 1.54) is 0 Å². The Bertz CT molecular complexity index is 874. The van der Waals surface area contributed by atoms with Crippen LogP contribution in [0.5, 0.6) is 0 Å². The molecule has 0 saturated carbocycles. The second kappa shape index (κ2) is 6.53. The molecule has 2 heterocycles. The van der Waals surface area contributed by atoms with Crippen molar-refractivity contribution in [1.82, 2.24) is 25.1 Å². The van der Waals surface area contributed by atoms with Crippen molar-refractivity contribution >= 4 is 22.6 Å². The number of fused-ring (bicyclic) bond motifs is 1. The highest BCUT2D eigenvalue weighted by atomic mass is 16.2. The number of carbonyl (C=O) groups is 1. The van der Waals surface area contributed by atoms with E-state index < -0.39 is 6.03 Å². The summed E-state index contributed by atoms with van der Waals surface area (Å²) in [5.74, 6) is 1.43. The molecule has 2 aromatic heterocycles. The summed E-state index contributed by atoms with van der Waals surface area (Å²) in [7, 11) is 1.83. The molecule has 0 fully saturated rings. The van der Waals surface area contributed by atoms with Gasteiger partial charge in [-0.3, -0.25) is 4.68 Å². The number of aromatic nitrogens is 4. The summed E-state index contributed by atoms with van der Waals surface area (Å²) in [6, 6.07) is 7.09. The van der Waals surface area contributed by atoms with Gasteiger partial charge in [-0.1, -0.05) is 24.3 Å². The van der Waals surface area contributed by atoms with Gasteiger partial charge in [-0.15, -0.1) is 0 Å². The van der Waals surface area contributed by atoms with E-state index in [1.54, 1.807) is 17.2 Å². The van der Waals surface area contributed by atoms with Gasteiger partial charge in [0.05, 0.1) is 12.6 Å². The highest BCUT2D eigenvalue weighted by molar-refractivity contribution is 5.94. The van der Waals surface area contributed by atoms with Crippen molar-refractivity contribution in [3.63, 3.8) is 0 Å². The molecule has 3 rings (SSSR count). The number of benzene rings is 1. The first-order valence-corrected chi connectivity index (χ1v) is 7.56. The number of amides is 2. The number of nitrogens with two attached hydrogens (primary N) is 1. The third-order valence-corrected chi connectivity index (χ3v) is 3.71. The monoisotopic (exact) mass is 325 g/mol. The van der Waals surface area contributed by atoms with Crippen molar-refractivity contribution in [2.45, 2.75) is 19.5 Å². The molecule has 2 amide bonds. The van der Waals surface area contributed by atoms with Gasteiger partial charge in [0.2, 0.25) is 0 Å². The SMILES string of the molecule is CC(NC(N)=O)c1cnc(NCc2ncn(C)n2)c2ccccc12. The normalized spacial score (nSPS) is 12.1. The number of anilines is 1. The molecule has 0 aliphatic carbocycles. The van der Waals surface area contributed by atoms with Gasteiger partial charge in [-0.05, 0) is 12.3 Å². The molecular weight excluding hydrogens is 306 g/mol. The Morgan fingerprint density at radius 1 is 1.29 bits per heavy atom. The number of nitrogens with zero attached hydrogens (tertiary/aromatic N) is 4. The van der Waals surface area contributed by atoms with Crippen molar-refractivity contribution < 1.29 is 4.79 Å². The molecule has 0 saturated heterocycles. The highest BCUT2D eigenvalue weighted by Crippen LogP contribution is 2.28. The minimum absolute atomic E-state index is 0.230. The van der Waals surface area contributed by atoms with Crippen LogP contribution in [0.1, 0.15) is 24.4 Å². The fourth-order valence-corrected chi connectivity index (χ4v) is 2.62. The van der Waals surface area contributed by atoms with Crippen LogP contribution in [0, 0.1) is 0 Å². The van der Waals surface area contributed by atoms with Crippen LogP contribution in [0.15, 0.2) is 36.8 Å². The number of rotatable bonds is 5. The summed E-state index contributed by atoms with van der Waals surface area (Å²) in [4.78, 5) is 19.8. The quantitative estimate of drug-likeness (QED) is 0.661. The van der Waals surface area contributed by atoms with Gasteiger partial charge in [-0.2, -0.15) is 5.10 Å². The van der Waals surface area contributed by atoms with E-state index in [0.717, 1.165) is 22.2 Å². The van der Waals surface area contributed by atoms with Crippen LogP contribution in [0.4, 0.5) is 10.6 Å². The lowest BCUT2D eigenvalue weighted by atomic mass is 10.0. The summed E-state index contributed by atoms with van der Waals surface area (Å²) < 4.78 is 1.66. The largest absolute Gasteiger partial charge is 0.362 e. The number of hydrogen-bond acceptors (Lipinski definition) is 5. The Balaban J connectivity index is 1.91. The van der Waals surface area contributed by atoms with Gasteiger partial charge in [0.15, 0.2) is 5.82 Å². The molecule has 0 aliphatic rings. The van der Waals surface area contributed by atoms with Crippen LogP contribution in [0.25, 0.3) is 10.8 Å². The number of carbonyl (C=O) groups excluding carboxylic acids is 1. The second-order valence-electron chi connectivity index (χ2n) is 5.53. The third-order valence-electron chi connectivity index (χ3n) is 3.71. The Labute approximate surface area is 139 Å². The summed E-state index contributed by atoms with van der Waals surface area (Å²) in [5.41, 5.74) is 6.13. The van der Waals surface area contributed by atoms with E-state index in [0.29, 0.717) is 12.4 Å². The first-order valence-electron chi connectivity index (χ1n) is 7.56. The standard InChI is InChI=1S/C16H19N7O/c1-10(21-16(17)24)13-7-18-15(12-6-4-3-5-11(12)13)19-8-14-20-9-23(2)22-14/h3-7,9-10H,8H2,1-2H3,(H,18,19)(H3,17,21,24). The van der Waals surface area contributed by atoms with E-state index in [2.05, 4.69) is 25.7 Å². The van der Waals surface area contributed by atoms with Gasteiger partial charge in [-0.25, -0.2) is 14.8 Å². The number of pyridine rings is 1. The molecule has 3 aromatic rings. The average Bonchev–Trinajstić information content (AvgIpc) is 2.97. The molecule has 0 bridgehead atoms. The molecule has 124 valence electrons. The highest BCUT2D eigenvalue weighted by Gasteiger charge is 2.14. The lowest BCUT2D eigenvalue weighted by Gasteiger charge is -2.16. The van der Waals surface area contributed by atoms with Crippen LogP contribution in [0.3, 0.4) is 0 Å². The minimum Gasteiger partial charge on any atom is -0.362 e. The molecule has 0 aliphatic heterocycles. The van der Waals surface area contributed by atoms with E-state index in [4.69, 9.17) is 5.73 Å².